The minimum absolute atomic E-state index is 0.0532. The topological polar surface area (TPSA) is 130 Å². The van der Waals surface area contributed by atoms with E-state index < -0.39 is 36.5 Å². The number of benzene rings is 2. The number of esters is 1. The number of Topliss-reactive ketones (excluding diaryl/α,β-unsaturated/α-hetero) is 3. The van der Waals surface area contributed by atoms with Crippen molar-refractivity contribution in [3.63, 3.8) is 0 Å². The molecule has 1 aliphatic carbocycles. The molecule has 1 unspecified atom stereocenters. The van der Waals surface area contributed by atoms with Crippen LogP contribution in [0.15, 0.2) is 59.9 Å². The summed E-state index contributed by atoms with van der Waals surface area (Å²) in [5.41, 5.74) is 1.39. The fourth-order valence-corrected chi connectivity index (χ4v) is 3.22. The van der Waals surface area contributed by atoms with Crippen LogP contribution in [0.5, 0.6) is 0 Å². The summed E-state index contributed by atoms with van der Waals surface area (Å²) in [4.78, 5) is 48.0. The van der Waals surface area contributed by atoms with Crippen LogP contribution in [0.1, 0.15) is 44.4 Å². The number of carbonyl (C=O) groups is 4. The zero-order chi connectivity index (χ0) is 22.5. The Morgan fingerprint density at radius 1 is 1.00 bits per heavy atom. The van der Waals surface area contributed by atoms with Crippen LogP contribution < -0.4 is 5.32 Å². The Bertz CT molecular complexity index is 1070. The predicted octanol–water partition coefficient (Wildman–Crippen LogP) is 2.49. The third-order valence-corrected chi connectivity index (χ3v) is 4.78. The molecule has 8 heteroatoms. The largest absolute Gasteiger partial charge is 0.504 e. The van der Waals surface area contributed by atoms with E-state index in [0.717, 1.165) is 0 Å². The second-order valence-corrected chi connectivity index (χ2v) is 7.13. The van der Waals surface area contributed by atoms with Gasteiger partial charge in [-0.05, 0) is 37.6 Å². The van der Waals surface area contributed by atoms with Crippen LogP contribution in [0, 0.1) is 0 Å². The zero-order valence-electron chi connectivity index (χ0n) is 16.8. The van der Waals surface area contributed by atoms with Crippen LogP contribution in [0.3, 0.4) is 0 Å². The molecule has 3 rings (SSSR count). The van der Waals surface area contributed by atoms with Crippen LogP contribution >= 0.6 is 0 Å². The Kier molecular flexibility index (Phi) is 6.61. The summed E-state index contributed by atoms with van der Waals surface area (Å²) >= 11 is 0. The van der Waals surface area contributed by atoms with E-state index in [0.29, 0.717) is 5.69 Å². The van der Waals surface area contributed by atoms with Gasteiger partial charge < -0.3 is 20.3 Å². The molecule has 0 saturated heterocycles. The van der Waals surface area contributed by atoms with Gasteiger partial charge in [0.05, 0.1) is 5.56 Å². The number of hydrogen-bond donors (Lipinski definition) is 3. The first-order valence-electron chi connectivity index (χ1n) is 9.58. The van der Waals surface area contributed by atoms with E-state index in [4.69, 9.17) is 9.84 Å². The first-order chi connectivity index (χ1) is 14.8. The van der Waals surface area contributed by atoms with Gasteiger partial charge in [0.2, 0.25) is 5.78 Å². The predicted molar refractivity (Wildman–Crippen MR) is 111 cm³/mol. The fourth-order valence-electron chi connectivity index (χ4n) is 3.22. The molecule has 160 valence electrons. The van der Waals surface area contributed by atoms with Gasteiger partial charge in [-0.25, -0.2) is 4.79 Å². The Hall–Kier alpha value is -3.78. The first-order valence-corrected chi connectivity index (χ1v) is 9.58. The molecule has 31 heavy (non-hydrogen) atoms. The number of nitrogens with one attached hydrogen (secondary N) is 1. The number of aliphatic hydroxyl groups is 2. The van der Waals surface area contributed by atoms with E-state index in [1.165, 1.54) is 18.2 Å². The molecule has 8 nitrogen and oxygen atoms in total. The molecule has 0 aromatic heterocycles. The molecule has 0 radical (unpaired) electrons. The SMILES string of the molecule is CC(CC1=C(O)C(=O)c2ccccc2C1=O)Nc1ccc(C(=O)OCC(=O)CO)cc1. The molecule has 0 bridgehead atoms. The van der Waals surface area contributed by atoms with Gasteiger partial charge in [-0.3, -0.25) is 14.4 Å². The molecule has 0 aliphatic heterocycles. The van der Waals surface area contributed by atoms with Crippen LogP contribution in [0.4, 0.5) is 5.69 Å². The number of ether oxygens (including phenoxy) is 1. The first kappa shape index (κ1) is 21.9. The lowest BCUT2D eigenvalue weighted by Gasteiger charge is -2.21. The molecular formula is C23H21NO7. The fraction of sp³-hybridized carbons (Fsp3) is 0.217. The molecule has 0 spiro atoms. The number of ketones is 3. The van der Waals surface area contributed by atoms with Gasteiger partial charge >= 0.3 is 5.97 Å². The Labute approximate surface area is 178 Å². The lowest BCUT2D eigenvalue weighted by molar-refractivity contribution is -0.124. The van der Waals surface area contributed by atoms with Crippen molar-refractivity contribution in [2.24, 2.45) is 0 Å². The molecule has 0 amide bonds. The second kappa shape index (κ2) is 9.36. The van der Waals surface area contributed by atoms with E-state index in [2.05, 4.69) is 5.32 Å². The van der Waals surface area contributed by atoms with Crippen molar-refractivity contribution in [3.05, 3.63) is 76.6 Å². The maximum atomic E-state index is 12.7. The monoisotopic (exact) mass is 423 g/mol. The summed E-state index contributed by atoms with van der Waals surface area (Å²) in [5.74, 6) is -2.78. The molecule has 2 aromatic carbocycles. The maximum Gasteiger partial charge on any atom is 0.338 e. The Balaban J connectivity index is 1.64. The summed E-state index contributed by atoms with van der Waals surface area (Å²) in [5, 5.41) is 22.1. The number of anilines is 1. The number of rotatable bonds is 8. The highest BCUT2D eigenvalue weighted by Gasteiger charge is 2.32. The molecule has 3 N–H and O–H groups in total. The normalized spacial score (nSPS) is 14.1. The molecule has 1 aliphatic rings. The highest BCUT2D eigenvalue weighted by molar-refractivity contribution is 6.26. The van der Waals surface area contributed by atoms with Crippen LogP contribution in [-0.4, -0.2) is 52.8 Å². The summed E-state index contributed by atoms with van der Waals surface area (Å²) in [7, 11) is 0. The second-order valence-electron chi connectivity index (χ2n) is 7.13. The quantitative estimate of drug-likeness (QED) is 0.552. The number of carbonyl (C=O) groups excluding carboxylic acids is 4. The van der Waals surface area contributed by atoms with Crippen molar-refractivity contribution in [1.29, 1.82) is 0 Å². The third-order valence-electron chi connectivity index (χ3n) is 4.78. The van der Waals surface area contributed by atoms with Gasteiger partial charge in [-0.1, -0.05) is 24.3 Å². The van der Waals surface area contributed by atoms with Crippen molar-refractivity contribution in [2.75, 3.05) is 18.5 Å². The molecule has 0 saturated carbocycles. The van der Waals surface area contributed by atoms with E-state index in [1.54, 1.807) is 37.3 Å². The molecule has 0 heterocycles. The third kappa shape index (κ3) is 4.87. The maximum absolute atomic E-state index is 12.7. The van der Waals surface area contributed by atoms with Gasteiger partial charge in [0, 0.05) is 28.4 Å². The van der Waals surface area contributed by atoms with Crippen LogP contribution in [-0.2, 0) is 9.53 Å². The van der Waals surface area contributed by atoms with Crippen molar-refractivity contribution in [3.8, 4) is 0 Å². The smallest absolute Gasteiger partial charge is 0.338 e. The molecule has 1 atom stereocenters. The lowest BCUT2D eigenvalue weighted by atomic mass is 9.85. The van der Waals surface area contributed by atoms with Crippen molar-refractivity contribution in [1.82, 2.24) is 0 Å². The summed E-state index contributed by atoms with van der Waals surface area (Å²) in [6.07, 6.45) is 0.123. The highest BCUT2D eigenvalue weighted by atomic mass is 16.5. The summed E-state index contributed by atoms with van der Waals surface area (Å²) < 4.78 is 4.79. The molecule has 0 fully saturated rings. The minimum Gasteiger partial charge on any atom is -0.504 e. The number of aliphatic hydroxyl groups excluding tert-OH is 2. The van der Waals surface area contributed by atoms with Crippen molar-refractivity contribution in [2.45, 2.75) is 19.4 Å². The number of hydrogen-bond acceptors (Lipinski definition) is 8. The average molecular weight is 423 g/mol. The van der Waals surface area contributed by atoms with E-state index in [9.17, 15) is 24.3 Å². The van der Waals surface area contributed by atoms with Gasteiger partial charge in [-0.15, -0.1) is 0 Å². The average Bonchev–Trinajstić information content (AvgIpc) is 2.79. The number of fused-ring (bicyclic) bond motifs is 1. The van der Waals surface area contributed by atoms with Crippen molar-refractivity contribution >= 4 is 29.0 Å². The lowest BCUT2D eigenvalue weighted by Crippen LogP contribution is -2.26. The summed E-state index contributed by atoms with van der Waals surface area (Å²) in [6.45, 7) is 0.599. The van der Waals surface area contributed by atoms with E-state index in [1.807, 2.05) is 0 Å². The molecule has 2 aromatic rings. The minimum atomic E-state index is -0.695. The van der Waals surface area contributed by atoms with Crippen LogP contribution in [0.2, 0.25) is 0 Å². The van der Waals surface area contributed by atoms with Gasteiger partial charge in [0.25, 0.3) is 0 Å². The standard InChI is InChI=1S/C23H21NO7/c1-13(10-19-20(27)17-4-2-3-5-18(17)21(28)22(19)29)24-15-8-6-14(7-9-15)23(30)31-12-16(26)11-25/h2-9,13,24-25,29H,10-12H2,1H3. The van der Waals surface area contributed by atoms with E-state index >= 15 is 0 Å². The van der Waals surface area contributed by atoms with Gasteiger partial charge in [0.1, 0.15) is 6.61 Å². The number of allylic oxidation sites excluding steroid dienone is 1. The highest BCUT2D eigenvalue weighted by Crippen LogP contribution is 2.28. The molecular weight excluding hydrogens is 402 g/mol. The van der Waals surface area contributed by atoms with Crippen LogP contribution in [0.25, 0.3) is 0 Å². The Morgan fingerprint density at radius 3 is 2.23 bits per heavy atom. The van der Waals surface area contributed by atoms with Crippen molar-refractivity contribution < 1.29 is 34.1 Å². The zero-order valence-corrected chi connectivity index (χ0v) is 16.8. The van der Waals surface area contributed by atoms with E-state index in [-0.39, 0.29) is 40.5 Å². The van der Waals surface area contributed by atoms with Gasteiger partial charge in [0.15, 0.2) is 23.9 Å². The Morgan fingerprint density at radius 2 is 1.61 bits per heavy atom. The summed E-state index contributed by atoms with van der Waals surface area (Å²) in [6, 6.07) is 12.3. The van der Waals surface area contributed by atoms with Gasteiger partial charge in [-0.2, -0.15) is 0 Å².